The summed E-state index contributed by atoms with van der Waals surface area (Å²) in [6.07, 6.45) is 1.47. The molecule has 3 N–H and O–H groups in total. The lowest BCUT2D eigenvalue weighted by atomic mass is 9.90. The number of carbonyl (C=O) groups excluding carboxylic acids is 2. The Morgan fingerprint density at radius 1 is 0.885 bits per heavy atom. The molecule has 1 heterocycles. The lowest BCUT2D eigenvalue weighted by Gasteiger charge is -2.37. The molecule has 1 aliphatic heterocycles. The third kappa shape index (κ3) is 4.79. The Morgan fingerprint density at radius 2 is 1.46 bits per heavy atom. The van der Waals surface area contributed by atoms with Crippen LogP contribution in [0.2, 0.25) is 0 Å². The van der Waals surface area contributed by atoms with Crippen molar-refractivity contribution in [3.63, 3.8) is 0 Å². The number of rotatable bonds is 6. The summed E-state index contributed by atoms with van der Waals surface area (Å²) in [4.78, 5) is 25.0. The van der Waals surface area contributed by atoms with E-state index >= 15 is 0 Å². The lowest BCUT2D eigenvalue weighted by Crippen LogP contribution is -2.55. The maximum absolute atomic E-state index is 12.9. The van der Waals surface area contributed by atoms with Gasteiger partial charge in [-0.25, -0.2) is 0 Å². The summed E-state index contributed by atoms with van der Waals surface area (Å²) in [5.74, 6) is 1.49. The Morgan fingerprint density at radius 3 is 2.08 bits per heavy atom. The topological polar surface area (TPSA) is 70.2 Å². The molecule has 1 aliphatic rings. The molecule has 0 atom stereocenters. The third-order valence-electron chi connectivity index (χ3n) is 4.41. The van der Waals surface area contributed by atoms with Crippen LogP contribution in [0.1, 0.15) is 12.8 Å². The molecule has 0 unspecified atom stereocenters. The first kappa shape index (κ1) is 18.3. The molecule has 2 aromatic carbocycles. The molecule has 6 heteroatoms. The first-order valence-electron chi connectivity index (χ1n) is 8.72. The number of hydrogen-bond acceptors (Lipinski definition) is 4. The van der Waals surface area contributed by atoms with E-state index in [1.54, 1.807) is 0 Å². The summed E-state index contributed by atoms with van der Waals surface area (Å²) in [7, 11) is 0. The van der Waals surface area contributed by atoms with E-state index in [1.165, 1.54) is 0 Å². The van der Waals surface area contributed by atoms with Gasteiger partial charge in [-0.1, -0.05) is 36.4 Å². The molecular weight excluding hydrogens is 346 g/mol. The van der Waals surface area contributed by atoms with Gasteiger partial charge in [0.2, 0.25) is 11.8 Å². The summed E-state index contributed by atoms with van der Waals surface area (Å²) in [6.45, 7) is -0.0426. The lowest BCUT2D eigenvalue weighted by molar-refractivity contribution is -0.127. The molecule has 0 radical (unpaired) electrons. The van der Waals surface area contributed by atoms with Crippen LogP contribution in [0.3, 0.4) is 0 Å². The number of benzene rings is 2. The fraction of sp³-hybridized carbons (Fsp3) is 0.300. The van der Waals surface area contributed by atoms with Crippen molar-refractivity contribution in [1.82, 2.24) is 5.32 Å². The molecule has 0 saturated carbocycles. The molecule has 0 bridgehead atoms. The predicted octanol–water partition coefficient (Wildman–Crippen LogP) is 3.12. The minimum absolute atomic E-state index is 0.0426. The molecule has 26 heavy (non-hydrogen) atoms. The highest BCUT2D eigenvalue weighted by molar-refractivity contribution is 7.99. The van der Waals surface area contributed by atoms with Crippen molar-refractivity contribution in [2.24, 2.45) is 0 Å². The number of amides is 2. The first-order valence-corrected chi connectivity index (χ1v) is 9.88. The van der Waals surface area contributed by atoms with E-state index in [4.69, 9.17) is 0 Å². The van der Waals surface area contributed by atoms with Crippen molar-refractivity contribution < 1.29 is 9.59 Å². The fourth-order valence-corrected chi connectivity index (χ4v) is 4.17. The molecule has 1 saturated heterocycles. The molecule has 0 aromatic heterocycles. The van der Waals surface area contributed by atoms with Crippen LogP contribution in [-0.2, 0) is 9.59 Å². The third-order valence-corrected chi connectivity index (χ3v) is 5.39. The van der Waals surface area contributed by atoms with Gasteiger partial charge in [-0.15, -0.1) is 0 Å². The maximum atomic E-state index is 12.9. The number of para-hydroxylation sites is 2. The molecule has 0 aliphatic carbocycles. The first-order chi connectivity index (χ1) is 12.7. The highest BCUT2D eigenvalue weighted by atomic mass is 32.2. The highest BCUT2D eigenvalue weighted by Gasteiger charge is 2.39. The second-order valence-electron chi connectivity index (χ2n) is 6.28. The second-order valence-corrected chi connectivity index (χ2v) is 7.51. The molecular formula is C20H23N3O2S. The zero-order chi connectivity index (χ0) is 18.2. The summed E-state index contributed by atoms with van der Waals surface area (Å²) >= 11 is 1.85. The molecule has 5 nitrogen and oxygen atoms in total. The average Bonchev–Trinajstić information content (AvgIpc) is 2.68. The van der Waals surface area contributed by atoms with Crippen LogP contribution in [0, 0.1) is 0 Å². The van der Waals surface area contributed by atoms with E-state index in [0.717, 1.165) is 35.7 Å². The molecule has 136 valence electrons. The van der Waals surface area contributed by atoms with Crippen molar-refractivity contribution >= 4 is 35.0 Å². The smallest absolute Gasteiger partial charge is 0.246 e. The summed E-state index contributed by atoms with van der Waals surface area (Å²) in [6, 6.07) is 19.0. The van der Waals surface area contributed by atoms with E-state index in [2.05, 4.69) is 16.0 Å². The quantitative estimate of drug-likeness (QED) is 0.732. The molecule has 0 spiro atoms. The van der Waals surface area contributed by atoms with Crippen LogP contribution < -0.4 is 16.0 Å². The monoisotopic (exact) mass is 369 g/mol. The van der Waals surface area contributed by atoms with Gasteiger partial charge >= 0.3 is 0 Å². The number of hydrogen-bond donors (Lipinski definition) is 3. The fourth-order valence-electron chi connectivity index (χ4n) is 2.98. The molecule has 2 aromatic rings. The number of anilines is 2. The zero-order valence-corrected chi connectivity index (χ0v) is 15.4. The SMILES string of the molecule is O=C(CNC(=O)C1(Nc2ccccc2)CCSCC1)Nc1ccccc1. The average molecular weight is 369 g/mol. The minimum atomic E-state index is -0.667. The van der Waals surface area contributed by atoms with Crippen molar-refractivity contribution in [2.45, 2.75) is 18.4 Å². The predicted molar refractivity (Wildman–Crippen MR) is 107 cm³/mol. The molecule has 3 rings (SSSR count). The van der Waals surface area contributed by atoms with Gasteiger partial charge in [0.15, 0.2) is 0 Å². The molecule has 2 amide bonds. The van der Waals surface area contributed by atoms with E-state index < -0.39 is 5.54 Å². The Bertz CT molecular complexity index is 731. The normalized spacial score (nSPS) is 15.7. The van der Waals surface area contributed by atoms with Crippen LogP contribution in [0.5, 0.6) is 0 Å². The van der Waals surface area contributed by atoms with Crippen LogP contribution in [-0.4, -0.2) is 35.4 Å². The van der Waals surface area contributed by atoms with Crippen molar-refractivity contribution in [3.05, 3.63) is 60.7 Å². The Labute approximate surface area is 157 Å². The summed E-state index contributed by atoms with van der Waals surface area (Å²) in [5, 5.41) is 9.01. The molecule has 1 fully saturated rings. The van der Waals surface area contributed by atoms with Gasteiger partial charge < -0.3 is 16.0 Å². The van der Waals surface area contributed by atoms with Crippen LogP contribution in [0.4, 0.5) is 11.4 Å². The standard InChI is InChI=1S/C20H23N3O2S/c24-18(22-16-7-3-1-4-8-16)15-21-19(25)20(11-13-26-14-12-20)23-17-9-5-2-6-10-17/h1-10,23H,11-15H2,(H,21,25)(H,22,24). The maximum Gasteiger partial charge on any atom is 0.246 e. The van der Waals surface area contributed by atoms with Gasteiger partial charge in [0.05, 0.1) is 6.54 Å². The van der Waals surface area contributed by atoms with E-state index in [1.807, 2.05) is 72.4 Å². The Kier molecular flexibility index (Phi) is 6.17. The highest BCUT2D eigenvalue weighted by Crippen LogP contribution is 2.31. The van der Waals surface area contributed by atoms with Crippen molar-refractivity contribution in [1.29, 1.82) is 0 Å². The van der Waals surface area contributed by atoms with Crippen molar-refractivity contribution in [3.8, 4) is 0 Å². The van der Waals surface area contributed by atoms with Crippen LogP contribution >= 0.6 is 11.8 Å². The van der Waals surface area contributed by atoms with E-state index in [9.17, 15) is 9.59 Å². The minimum Gasteiger partial charge on any atom is -0.371 e. The second kappa shape index (κ2) is 8.76. The number of carbonyl (C=O) groups is 2. The largest absolute Gasteiger partial charge is 0.371 e. The van der Waals surface area contributed by atoms with Gasteiger partial charge in [0, 0.05) is 11.4 Å². The zero-order valence-electron chi connectivity index (χ0n) is 14.5. The summed E-state index contributed by atoms with van der Waals surface area (Å²) in [5.41, 5.74) is 0.973. The van der Waals surface area contributed by atoms with Gasteiger partial charge in [-0.3, -0.25) is 9.59 Å². The van der Waals surface area contributed by atoms with Gasteiger partial charge in [-0.05, 0) is 48.6 Å². The van der Waals surface area contributed by atoms with E-state index in [0.29, 0.717) is 0 Å². The number of thioether (sulfide) groups is 1. The van der Waals surface area contributed by atoms with E-state index in [-0.39, 0.29) is 18.4 Å². The van der Waals surface area contributed by atoms with Crippen LogP contribution in [0.25, 0.3) is 0 Å². The van der Waals surface area contributed by atoms with Crippen LogP contribution in [0.15, 0.2) is 60.7 Å². The van der Waals surface area contributed by atoms with Gasteiger partial charge in [0.25, 0.3) is 0 Å². The van der Waals surface area contributed by atoms with Gasteiger partial charge in [-0.2, -0.15) is 11.8 Å². The summed E-state index contributed by atoms with van der Waals surface area (Å²) < 4.78 is 0. The van der Waals surface area contributed by atoms with Crippen molar-refractivity contribution in [2.75, 3.05) is 28.7 Å². The van der Waals surface area contributed by atoms with Gasteiger partial charge in [0.1, 0.15) is 5.54 Å². The Hall–Kier alpha value is -2.47. The number of nitrogens with one attached hydrogen (secondary N) is 3. The Balaban J connectivity index is 1.61.